The lowest BCUT2D eigenvalue weighted by atomic mass is 9.92. The number of likely N-dealkylation sites (tertiary alicyclic amines) is 1. The molecule has 6 nitrogen and oxygen atoms in total. The third-order valence-electron chi connectivity index (χ3n) is 4.52. The van der Waals surface area contributed by atoms with Crippen LogP contribution >= 0.6 is 11.8 Å². The van der Waals surface area contributed by atoms with E-state index in [4.69, 9.17) is 4.42 Å². The molecular weight excluding hydrogens is 352 g/mol. The van der Waals surface area contributed by atoms with Crippen LogP contribution in [-0.4, -0.2) is 45.2 Å². The number of oxazole rings is 1. The Hall–Kier alpha value is -2.28. The topological polar surface area (TPSA) is 83.6 Å². The van der Waals surface area contributed by atoms with Gasteiger partial charge in [0.05, 0.1) is 11.4 Å². The largest absolute Gasteiger partial charge is 0.480 e. The van der Waals surface area contributed by atoms with Crippen molar-refractivity contribution in [1.82, 2.24) is 9.88 Å². The molecule has 3 rings (SSSR count). The quantitative estimate of drug-likeness (QED) is 0.835. The molecule has 138 valence electrons. The molecule has 1 amide bonds. The van der Waals surface area contributed by atoms with Crippen molar-refractivity contribution in [3.8, 4) is 11.5 Å². The Bertz CT molecular complexity index is 762. The van der Waals surface area contributed by atoms with Gasteiger partial charge in [-0.05, 0) is 30.9 Å². The molecule has 2 aromatic rings. The van der Waals surface area contributed by atoms with E-state index in [1.165, 1.54) is 16.7 Å². The average molecular weight is 374 g/mol. The van der Waals surface area contributed by atoms with Gasteiger partial charge in [-0.3, -0.25) is 4.79 Å². The van der Waals surface area contributed by atoms with Gasteiger partial charge in [0, 0.05) is 17.9 Å². The molecule has 1 aromatic heterocycles. The van der Waals surface area contributed by atoms with Crippen LogP contribution in [0.15, 0.2) is 41.0 Å². The van der Waals surface area contributed by atoms with Crippen molar-refractivity contribution in [3.05, 3.63) is 42.3 Å². The van der Waals surface area contributed by atoms with Gasteiger partial charge in [0.25, 0.3) is 0 Å². The predicted octanol–water partition coefficient (Wildman–Crippen LogP) is 3.29. The monoisotopic (exact) mass is 374 g/mol. The number of benzene rings is 1. The molecule has 0 bridgehead atoms. The lowest BCUT2D eigenvalue weighted by Crippen LogP contribution is -2.50. The van der Waals surface area contributed by atoms with E-state index < -0.39 is 12.0 Å². The number of carboxylic acids is 1. The second-order valence-corrected chi connectivity index (χ2v) is 7.56. The fraction of sp³-hybridized carbons (Fsp3) is 0.421. The van der Waals surface area contributed by atoms with Crippen LogP contribution in [0.3, 0.4) is 0 Å². The van der Waals surface area contributed by atoms with Crippen molar-refractivity contribution >= 4 is 23.6 Å². The van der Waals surface area contributed by atoms with E-state index >= 15 is 0 Å². The van der Waals surface area contributed by atoms with Crippen molar-refractivity contribution in [2.24, 2.45) is 5.92 Å². The van der Waals surface area contributed by atoms with Crippen LogP contribution in [0.2, 0.25) is 0 Å². The van der Waals surface area contributed by atoms with Crippen LogP contribution in [0.5, 0.6) is 0 Å². The minimum atomic E-state index is -0.918. The number of thioether (sulfide) groups is 1. The molecule has 1 aliphatic heterocycles. The average Bonchev–Trinajstić information content (AvgIpc) is 3.11. The molecule has 26 heavy (non-hydrogen) atoms. The number of nitrogens with zero attached hydrogens (tertiary/aromatic N) is 2. The molecule has 2 heterocycles. The summed E-state index contributed by atoms with van der Waals surface area (Å²) in [6.45, 7) is 2.54. The molecule has 1 aliphatic rings. The van der Waals surface area contributed by atoms with E-state index in [0.29, 0.717) is 30.5 Å². The van der Waals surface area contributed by atoms with Crippen molar-refractivity contribution in [3.63, 3.8) is 0 Å². The van der Waals surface area contributed by atoms with E-state index in [1.807, 2.05) is 37.3 Å². The van der Waals surface area contributed by atoms with Gasteiger partial charge in [-0.25, -0.2) is 9.78 Å². The van der Waals surface area contributed by atoms with Gasteiger partial charge in [-0.2, -0.15) is 0 Å². The van der Waals surface area contributed by atoms with Crippen LogP contribution in [0.1, 0.15) is 25.5 Å². The molecule has 2 unspecified atom stereocenters. The third kappa shape index (κ3) is 4.46. The summed E-state index contributed by atoms with van der Waals surface area (Å²) in [4.78, 5) is 29.8. The van der Waals surface area contributed by atoms with Gasteiger partial charge in [0.1, 0.15) is 12.3 Å². The van der Waals surface area contributed by atoms with Crippen LogP contribution in [0, 0.1) is 5.92 Å². The number of carbonyl (C=O) groups excluding carboxylic acids is 1. The maximum absolute atomic E-state index is 12.4. The predicted molar refractivity (Wildman–Crippen MR) is 99.6 cm³/mol. The summed E-state index contributed by atoms with van der Waals surface area (Å²) in [5.74, 6) is 0.637. The Labute approximate surface area is 156 Å². The summed E-state index contributed by atoms with van der Waals surface area (Å²) < 4.78 is 5.49. The zero-order valence-electron chi connectivity index (χ0n) is 14.6. The lowest BCUT2D eigenvalue weighted by molar-refractivity contribution is -0.151. The second kappa shape index (κ2) is 8.40. The number of hydrogen-bond donors (Lipinski definition) is 1. The summed E-state index contributed by atoms with van der Waals surface area (Å²) >= 11 is 1.42. The maximum atomic E-state index is 12.4. The maximum Gasteiger partial charge on any atom is 0.326 e. The van der Waals surface area contributed by atoms with Gasteiger partial charge >= 0.3 is 5.97 Å². The van der Waals surface area contributed by atoms with Crippen molar-refractivity contribution in [2.45, 2.75) is 31.6 Å². The normalized spacial score (nSPS) is 20.1. The van der Waals surface area contributed by atoms with E-state index in [9.17, 15) is 14.7 Å². The van der Waals surface area contributed by atoms with Crippen LogP contribution in [0.4, 0.5) is 0 Å². The zero-order chi connectivity index (χ0) is 18.5. The summed E-state index contributed by atoms with van der Waals surface area (Å²) in [5.41, 5.74) is 1.68. The van der Waals surface area contributed by atoms with Gasteiger partial charge in [0.15, 0.2) is 0 Å². The van der Waals surface area contributed by atoms with Crippen molar-refractivity contribution in [2.75, 3.05) is 12.3 Å². The van der Waals surface area contributed by atoms with Crippen molar-refractivity contribution in [1.29, 1.82) is 0 Å². The molecule has 0 saturated carbocycles. The van der Waals surface area contributed by atoms with E-state index in [-0.39, 0.29) is 11.7 Å². The molecule has 0 spiro atoms. The fourth-order valence-electron chi connectivity index (χ4n) is 3.09. The Balaban J connectivity index is 1.52. The standard InChI is InChI=1S/C19H22N2O4S/c1-13-7-8-21(16(9-13)19(23)24)17(22)12-26-11-15-10-25-18(20-15)14-5-3-2-4-6-14/h2-6,10,13,16H,7-9,11-12H2,1H3,(H,23,24). The number of carboxylic acid groups (broad SMARTS) is 1. The van der Waals surface area contributed by atoms with Crippen LogP contribution < -0.4 is 0 Å². The summed E-state index contributed by atoms with van der Waals surface area (Å²) in [7, 11) is 0. The number of aliphatic carboxylic acids is 1. The zero-order valence-corrected chi connectivity index (χ0v) is 15.4. The Morgan fingerprint density at radius 1 is 1.35 bits per heavy atom. The molecule has 1 saturated heterocycles. The molecule has 0 aliphatic carbocycles. The van der Waals surface area contributed by atoms with E-state index in [1.54, 1.807) is 6.26 Å². The number of amides is 1. The molecule has 0 radical (unpaired) electrons. The Kier molecular flexibility index (Phi) is 5.98. The van der Waals surface area contributed by atoms with Gasteiger partial charge in [0.2, 0.25) is 11.8 Å². The van der Waals surface area contributed by atoms with Crippen LogP contribution in [-0.2, 0) is 15.3 Å². The minimum absolute atomic E-state index is 0.124. The van der Waals surface area contributed by atoms with Crippen LogP contribution in [0.25, 0.3) is 11.5 Å². The lowest BCUT2D eigenvalue weighted by Gasteiger charge is -2.36. The summed E-state index contributed by atoms with van der Waals surface area (Å²) in [6.07, 6.45) is 2.97. The van der Waals surface area contributed by atoms with Crippen molar-refractivity contribution < 1.29 is 19.1 Å². The molecule has 2 atom stereocenters. The molecule has 7 heteroatoms. The smallest absolute Gasteiger partial charge is 0.326 e. The third-order valence-corrected chi connectivity index (χ3v) is 5.47. The molecule has 1 aromatic carbocycles. The van der Waals surface area contributed by atoms with E-state index in [0.717, 1.165) is 17.7 Å². The highest BCUT2D eigenvalue weighted by Gasteiger charge is 2.34. The summed E-state index contributed by atoms with van der Waals surface area (Å²) in [5, 5.41) is 9.37. The molecule has 1 fully saturated rings. The first-order valence-electron chi connectivity index (χ1n) is 8.64. The molecule has 1 N–H and O–H groups in total. The number of aromatic nitrogens is 1. The Morgan fingerprint density at radius 2 is 2.12 bits per heavy atom. The summed E-state index contributed by atoms with van der Waals surface area (Å²) in [6, 6.07) is 8.92. The highest BCUT2D eigenvalue weighted by atomic mass is 32.2. The number of rotatable bonds is 6. The second-order valence-electron chi connectivity index (χ2n) is 6.57. The molecular formula is C19H22N2O4S. The van der Waals surface area contributed by atoms with Gasteiger partial charge < -0.3 is 14.4 Å². The fourth-order valence-corrected chi connectivity index (χ4v) is 3.87. The first-order chi connectivity index (χ1) is 12.5. The highest BCUT2D eigenvalue weighted by molar-refractivity contribution is 7.99. The first kappa shape index (κ1) is 18.5. The van der Waals surface area contributed by atoms with E-state index in [2.05, 4.69) is 4.98 Å². The first-order valence-corrected chi connectivity index (χ1v) is 9.80. The van der Waals surface area contributed by atoms with Gasteiger partial charge in [-0.1, -0.05) is 25.1 Å². The SMILES string of the molecule is CC1CCN(C(=O)CSCc2coc(-c3ccccc3)n2)C(C(=O)O)C1. The minimum Gasteiger partial charge on any atom is -0.480 e. The number of carbonyl (C=O) groups is 2. The van der Waals surface area contributed by atoms with Gasteiger partial charge in [-0.15, -0.1) is 11.8 Å². The highest BCUT2D eigenvalue weighted by Crippen LogP contribution is 2.25. The number of piperidine rings is 1. The number of hydrogen-bond acceptors (Lipinski definition) is 5. The Morgan fingerprint density at radius 3 is 2.85 bits per heavy atom.